The van der Waals surface area contributed by atoms with Gasteiger partial charge in [0.25, 0.3) is 0 Å². The summed E-state index contributed by atoms with van der Waals surface area (Å²) in [6.07, 6.45) is 1.08. The van der Waals surface area contributed by atoms with E-state index in [9.17, 15) is 0 Å². The second kappa shape index (κ2) is 6.28. The van der Waals surface area contributed by atoms with Crippen LogP contribution in [0.4, 0.5) is 11.6 Å². The predicted octanol–water partition coefficient (Wildman–Crippen LogP) is 3.52. The Morgan fingerprint density at radius 3 is 2.41 bits per heavy atom. The Hall–Kier alpha value is -0.710. The Kier molecular flexibility index (Phi) is 5.31. The van der Waals surface area contributed by atoms with Gasteiger partial charge in [-0.2, -0.15) is 0 Å². The van der Waals surface area contributed by atoms with Crippen molar-refractivity contribution in [3.05, 3.63) is 16.1 Å². The van der Waals surface area contributed by atoms with Crippen molar-refractivity contribution >= 4 is 34.8 Å². The molecule has 4 nitrogen and oxygen atoms in total. The van der Waals surface area contributed by atoms with Crippen LogP contribution in [0.1, 0.15) is 27.2 Å². The van der Waals surface area contributed by atoms with Crippen molar-refractivity contribution in [2.45, 2.75) is 33.2 Å². The van der Waals surface area contributed by atoms with Crippen LogP contribution in [0.5, 0.6) is 0 Å². The highest BCUT2D eigenvalue weighted by molar-refractivity contribution is 6.37. The summed E-state index contributed by atoms with van der Waals surface area (Å²) in [7, 11) is 0. The average Bonchev–Trinajstić information content (AvgIpc) is 2.31. The molecule has 1 aromatic heterocycles. The van der Waals surface area contributed by atoms with Crippen LogP contribution in [0.2, 0.25) is 10.0 Å². The Balaban J connectivity index is 2.91. The standard InChI is InChI=1S/C11H18Cl2N4/c1-4-6(2)7(3)15-10-8(12)5-9(13)11(16-10)17-14/h5-7H,4,14H2,1-3H3,(H2,15,16,17). The number of halogens is 2. The molecule has 1 aromatic rings. The van der Waals surface area contributed by atoms with Crippen LogP contribution in [-0.4, -0.2) is 11.0 Å². The highest BCUT2D eigenvalue weighted by Crippen LogP contribution is 2.29. The quantitative estimate of drug-likeness (QED) is 0.569. The van der Waals surface area contributed by atoms with Gasteiger partial charge in [-0.1, -0.05) is 43.5 Å². The Morgan fingerprint density at radius 1 is 1.29 bits per heavy atom. The van der Waals surface area contributed by atoms with Crippen molar-refractivity contribution < 1.29 is 0 Å². The maximum atomic E-state index is 6.07. The number of pyridine rings is 1. The number of nitrogen functional groups attached to an aromatic ring is 1. The van der Waals surface area contributed by atoms with Crippen LogP contribution in [0.25, 0.3) is 0 Å². The monoisotopic (exact) mass is 276 g/mol. The number of hydrogen-bond acceptors (Lipinski definition) is 4. The summed E-state index contributed by atoms with van der Waals surface area (Å²) in [6.45, 7) is 6.41. The minimum atomic E-state index is 0.275. The normalized spacial score (nSPS) is 14.2. The van der Waals surface area contributed by atoms with Gasteiger partial charge < -0.3 is 10.7 Å². The van der Waals surface area contributed by atoms with Crippen LogP contribution < -0.4 is 16.6 Å². The van der Waals surface area contributed by atoms with E-state index in [4.69, 9.17) is 29.0 Å². The van der Waals surface area contributed by atoms with Crippen molar-refractivity contribution in [1.29, 1.82) is 0 Å². The highest BCUT2D eigenvalue weighted by atomic mass is 35.5. The average molecular weight is 277 g/mol. The highest BCUT2D eigenvalue weighted by Gasteiger charge is 2.14. The summed E-state index contributed by atoms with van der Waals surface area (Å²) in [6, 6.07) is 1.90. The largest absolute Gasteiger partial charge is 0.366 e. The third kappa shape index (κ3) is 3.63. The first-order chi connectivity index (χ1) is 7.99. The van der Waals surface area contributed by atoms with Gasteiger partial charge in [-0.05, 0) is 18.9 Å². The van der Waals surface area contributed by atoms with E-state index < -0.39 is 0 Å². The molecule has 1 heterocycles. The molecule has 0 aliphatic carbocycles. The van der Waals surface area contributed by atoms with Gasteiger partial charge in [0.2, 0.25) is 0 Å². The van der Waals surface area contributed by atoms with Crippen LogP contribution in [0, 0.1) is 5.92 Å². The number of rotatable bonds is 5. The molecule has 96 valence electrons. The SMILES string of the molecule is CCC(C)C(C)Nc1nc(NN)c(Cl)cc1Cl. The van der Waals surface area contributed by atoms with Gasteiger partial charge >= 0.3 is 0 Å². The van der Waals surface area contributed by atoms with Crippen molar-refractivity contribution in [2.24, 2.45) is 11.8 Å². The zero-order valence-corrected chi connectivity index (χ0v) is 11.7. The molecule has 6 heteroatoms. The summed E-state index contributed by atoms with van der Waals surface area (Å²) in [4.78, 5) is 4.24. The lowest BCUT2D eigenvalue weighted by molar-refractivity contribution is 0.493. The summed E-state index contributed by atoms with van der Waals surface area (Å²) in [5.41, 5.74) is 2.44. The molecular formula is C11H18Cl2N4. The number of hydrazine groups is 1. The van der Waals surface area contributed by atoms with Crippen LogP contribution in [-0.2, 0) is 0 Å². The first-order valence-electron chi connectivity index (χ1n) is 5.58. The minimum absolute atomic E-state index is 0.275. The molecule has 2 atom stereocenters. The second-order valence-electron chi connectivity index (χ2n) is 4.11. The van der Waals surface area contributed by atoms with Gasteiger partial charge in [0.1, 0.15) is 5.82 Å². The van der Waals surface area contributed by atoms with Crippen molar-refractivity contribution in [2.75, 3.05) is 10.7 Å². The fourth-order valence-corrected chi connectivity index (χ4v) is 1.85. The molecule has 0 spiro atoms. The van der Waals surface area contributed by atoms with E-state index in [1.165, 1.54) is 0 Å². The number of anilines is 2. The van der Waals surface area contributed by atoms with E-state index in [-0.39, 0.29) is 6.04 Å². The Bertz CT molecular complexity index is 384. The molecule has 4 N–H and O–H groups in total. The fourth-order valence-electron chi connectivity index (χ4n) is 1.38. The van der Waals surface area contributed by atoms with Crippen LogP contribution >= 0.6 is 23.2 Å². The summed E-state index contributed by atoms with van der Waals surface area (Å²) in [5, 5.41) is 4.16. The van der Waals surface area contributed by atoms with E-state index in [0.717, 1.165) is 6.42 Å². The molecule has 0 aliphatic heterocycles. The lowest BCUT2D eigenvalue weighted by Crippen LogP contribution is -2.24. The summed E-state index contributed by atoms with van der Waals surface area (Å²) < 4.78 is 0. The molecule has 1 rings (SSSR count). The molecule has 0 fully saturated rings. The van der Waals surface area contributed by atoms with E-state index >= 15 is 0 Å². The van der Waals surface area contributed by atoms with Gasteiger partial charge in [0.05, 0.1) is 10.0 Å². The first kappa shape index (κ1) is 14.4. The van der Waals surface area contributed by atoms with E-state index in [1.54, 1.807) is 6.07 Å². The molecule has 2 unspecified atom stereocenters. The van der Waals surface area contributed by atoms with Gasteiger partial charge in [0, 0.05) is 6.04 Å². The first-order valence-corrected chi connectivity index (χ1v) is 6.34. The fraction of sp³-hybridized carbons (Fsp3) is 0.545. The van der Waals surface area contributed by atoms with E-state index in [1.807, 2.05) is 0 Å². The third-order valence-corrected chi connectivity index (χ3v) is 3.50. The van der Waals surface area contributed by atoms with E-state index in [0.29, 0.717) is 27.6 Å². The second-order valence-corrected chi connectivity index (χ2v) is 4.93. The topological polar surface area (TPSA) is 63.0 Å². The summed E-state index contributed by atoms with van der Waals surface area (Å²) >= 11 is 12.0. The molecule has 0 bridgehead atoms. The zero-order valence-electron chi connectivity index (χ0n) is 10.2. The molecule has 17 heavy (non-hydrogen) atoms. The van der Waals surface area contributed by atoms with Crippen molar-refractivity contribution in [3.8, 4) is 0 Å². The number of nitrogens with one attached hydrogen (secondary N) is 2. The molecule has 0 radical (unpaired) electrons. The maximum Gasteiger partial charge on any atom is 0.161 e. The van der Waals surface area contributed by atoms with Crippen LogP contribution in [0.3, 0.4) is 0 Å². The molecule has 0 saturated carbocycles. The lowest BCUT2D eigenvalue weighted by Gasteiger charge is -2.21. The molecule has 0 saturated heterocycles. The number of nitrogens with two attached hydrogens (primary N) is 1. The van der Waals surface area contributed by atoms with Gasteiger partial charge in [0.15, 0.2) is 5.82 Å². The minimum Gasteiger partial charge on any atom is -0.366 e. The maximum absolute atomic E-state index is 6.07. The van der Waals surface area contributed by atoms with Crippen molar-refractivity contribution in [1.82, 2.24) is 4.98 Å². The predicted molar refractivity (Wildman–Crippen MR) is 74.6 cm³/mol. The van der Waals surface area contributed by atoms with Gasteiger partial charge in [-0.15, -0.1) is 0 Å². The van der Waals surface area contributed by atoms with Crippen LogP contribution in [0.15, 0.2) is 6.07 Å². The number of aromatic nitrogens is 1. The molecule has 0 aliphatic rings. The van der Waals surface area contributed by atoms with Gasteiger partial charge in [-0.25, -0.2) is 10.8 Å². The zero-order chi connectivity index (χ0) is 13.0. The number of hydrogen-bond donors (Lipinski definition) is 3. The smallest absolute Gasteiger partial charge is 0.161 e. The number of nitrogens with zero attached hydrogens (tertiary/aromatic N) is 1. The van der Waals surface area contributed by atoms with E-state index in [2.05, 4.69) is 36.5 Å². The Morgan fingerprint density at radius 2 is 1.88 bits per heavy atom. The Labute approximate surface area is 112 Å². The lowest BCUT2D eigenvalue weighted by atomic mass is 10.0. The molecule has 0 aromatic carbocycles. The van der Waals surface area contributed by atoms with Crippen molar-refractivity contribution in [3.63, 3.8) is 0 Å². The molecule has 0 amide bonds. The molecular weight excluding hydrogens is 259 g/mol. The van der Waals surface area contributed by atoms with Gasteiger partial charge in [-0.3, -0.25) is 0 Å². The third-order valence-electron chi connectivity index (χ3n) is 2.93. The summed E-state index contributed by atoms with van der Waals surface area (Å²) in [5.74, 6) is 6.85.